The van der Waals surface area contributed by atoms with Gasteiger partial charge in [-0.25, -0.2) is 4.98 Å². The van der Waals surface area contributed by atoms with Crippen LogP contribution in [0.5, 0.6) is 0 Å². The molecule has 0 saturated heterocycles. The van der Waals surface area contributed by atoms with Gasteiger partial charge >= 0.3 is 0 Å². The van der Waals surface area contributed by atoms with Gasteiger partial charge in [0.25, 0.3) is 0 Å². The van der Waals surface area contributed by atoms with Gasteiger partial charge in [0.05, 0.1) is 6.20 Å². The number of nitrogens with one attached hydrogen (secondary N) is 2. The van der Waals surface area contributed by atoms with Gasteiger partial charge in [-0.05, 0) is 79.0 Å². The molecule has 1 heterocycles. The maximum atomic E-state index is 9.54. The molecule has 2 aromatic rings. The van der Waals surface area contributed by atoms with Crippen LogP contribution in [0, 0.1) is 34.5 Å². The molecule has 0 spiro atoms. The van der Waals surface area contributed by atoms with Gasteiger partial charge in [0.1, 0.15) is 17.5 Å². The summed E-state index contributed by atoms with van der Waals surface area (Å²) in [6.07, 6.45) is 7.75. The highest BCUT2D eigenvalue weighted by Crippen LogP contribution is 2.59. The number of nitrogens with zero attached hydrogens (tertiary/aromatic N) is 3. The van der Waals surface area contributed by atoms with Crippen LogP contribution >= 0.6 is 23.2 Å². The molecule has 5 atom stereocenters. The average Bonchev–Trinajstić information content (AvgIpc) is 2.76. The van der Waals surface area contributed by atoms with Crippen molar-refractivity contribution < 1.29 is 0 Å². The molecule has 1 aromatic heterocycles. The first kappa shape index (κ1) is 20.8. The van der Waals surface area contributed by atoms with Crippen LogP contribution in [0.15, 0.2) is 24.4 Å². The van der Waals surface area contributed by atoms with Crippen LogP contribution in [0.2, 0.25) is 10.0 Å². The summed E-state index contributed by atoms with van der Waals surface area (Å²) in [5.41, 5.74) is 8.07. The van der Waals surface area contributed by atoms with Gasteiger partial charge in [-0.3, -0.25) is 0 Å². The summed E-state index contributed by atoms with van der Waals surface area (Å²) in [5, 5.41) is 17.5. The van der Waals surface area contributed by atoms with E-state index in [1.165, 1.54) is 32.1 Å². The standard InChI is InChI=1S/C23H26Cl2N6/c24-18-1-2-19(25)16(5-18)10-28-22-29-11-17(9-26)21(31-22)30-12-23-6-13-3-14(7-23)20(27)15(4-13)8-23/h1-2,5,11,13-15,20H,3-4,6-8,10,12,27H2,(H2,28,29,30,31)/t13?,14-,15+,20?,23?. The minimum absolute atomic E-state index is 0.270. The van der Waals surface area contributed by atoms with Crippen molar-refractivity contribution in [2.45, 2.75) is 44.7 Å². The fourth-order valence-corrected chi connectivity index (χ4v) is 6.64. The summed E-state index contributed by atoms with van der Waals surface area (Å²) in [7, 11) is 0. The zero-order chi connectivity index (χ0) is 21.6. The Morgan fingerprint density at radius 1 is 1.16 bits per heavy atom. The van der Waals surface area contributed by atoms with Gasteiger partial charge in [-0.15, -0.1) is 0 Å². The van der Waals surface area contributed by atoms with Crippen molar-refractivity contribution in [3.8, 4) is 6.07 Å². The number of nitrogens with two attached hydrogens (primary N) is 1. The summed E-state index contributed by atoms with van der Waals surface area (Å²) in [6, 6.07) is 7.91. The summed E-state index contributed by atoms with van der Waals surface area (Å²) >= 11 is 12.3. The Hall–Kier alpha value is -2.07. The van der Waals surface area contributed by atoms with Crippen LogP contribution in [0.1, 0.15) is 43.2 Å². The second kappa shape index (κ2) is 8.12. The fourth-order valence-electron chi connectivity index (χ4n) is 6.26. The van der Waals surface area contributed by atoms with Crippen molar-refractivity contribution in [2.75, 3.05) is 17.2 Å². The van der Waals surface area contributed by atoms with E-state index >= 15 is 0 Å². The smallest absolute Gasteiger partial charge is 0.224 e. The molecule has 0 radical (unpaired) electrons. The summed E-state index contributed by atoms with van der Waals surface area (Å²) in [6.45, 7) is 1.27. The van der Waals surface area contributed by atoms with Gasteiger partial charge < -0.3 is 16.4 Å². The predicted octanol–water partition coefficient (Wildman–Crippen LogP) is 4.83. The van der Waals surface area contributed by atoms with Crippen LogP contribution in [-0.4, -0.2) is 22.6 Å². The number of rotatable bonds is 6. The molecule has 6 rings (SSSR count). The quantitative estimate of drug-likeness (QED) is 0.575. The topological polar surface area (TPSA) is 99.6 Å². The van der Waals surface area contributed by atoms with Crippen molar-refractivity contribution in [2.24, 2.45) is 28.9 Å². The highest BCUT2D eigenvalue weighted by molar-refractivity contribution is 6.33. The highest BCUT2D eigenvalue weighted by atomic mass is 35.5. The van der Waals surface area contributed by atoms with E-state index in [4.69, 9.17) is 28.9 Å². The lowest BCUT2D eigenvalue weighted by Crippen LogP contribution is -2.58. The first-order valence-corrected chi connectivity index (χ1v) is 11.6. The number of anilines is 2. The van der Waals surface area contributed by atoms with E-state index < -0.39 is 0 Å². The Bertz CT molecular complexity index is 1020. The minimum Gasteiger partial charge on any atom is -0.368 e. The van der Waals surface area contributed by atoms with E-state index in [1.807, 2.05) is 6.07 Å². The van der Waals surface area contributed by atoms with E-state index in [0.717, 1.165) is 18.0 Å². The number of halogens is 2. The van der Waals surface area contributed by atoms with Crippen molar-refractivity contribution >= 4 is 35.0 Å². The van der Waals surface area contributed by atoms with Crippen LogP contribution in [0.4, 0.5) is 11.8 Å². The van der Waals surface area contributed by atoms with Gasteiger partial charge in [0, 0.05) is 29.2 Å². The zero-order valence-corrected chi connectivity index (χ0v) is 18.8. The normalized spacial score (nSPS) is 30.8. The lowest BCUT2D eigenvalue weighted by Gasteiger charge is -2.59. The molecule has 0 amide bonds. The van der Waals surface area contributed by atoms with Crippen molar-refractivity contribution in [1.82, 2.24) is 9.97 Å². The molecular formula is C23H26Cl2N6. The maximum Gasteiger partial charge on any atom is 0.224 e. The van der Waals surface area contributed by atoms with E-state index in [1.54, 1.807) is 18.3 Å². The number of aromatic nitrogens is 2. The first-order valence-electron chi connectivity index (χ1n) is 10.9. The molecule has 31 heavy (non-hydrogen) atoms. The average molecular weight is 457 g/mol. The Kier molecular flexibility index (Phi) is 5.45. The Morgan fingerprint density at radius 3 is 2.68 bits per heavy atom. The monoisotopic (exact) mass is 456 g/mol. The lowest BCUT2D eigenvalue weighted by atomic mass is 9.48. The number of hydrogen-bond acceptors (Lipinski definition) is 6. The summed E-state index contributed by atoms with van der Waals surface area (Å²) in [5.74, 6) is 3.13. The molecule has 4 N–H and O–H groups in total. The molecule has 4 bridgehead atoms. The lowest BCUT2D eigenvalue weighted by molar-refractivity contribution is -0.0591. The number of hydrogen-bond donors (Lipinski definition) is 3. The molecule has 162 valence electrons. The maximum absolute atomic E-state index is 9.54. The van der Waals surface area contributed by atoms with Gasteiger partial charge in [0.15, 0.2) is 0 Å². The van der Waals surface area contributed by atoms with Crippen LogP contribution < -0.4 is 16.4 Å². The number of nitriles is 1. The Morgan fingerprint density at radius 2 is 1.94 bits per heavy atom. The predicted molar refractivity (Wildman–Crippen MR) is 123 cm³/mol. The molecule has 4 aliphatic carbocycles. The molecule has 4 fully saturated rings. The van der Waals surface area contributed by atoms with Crippen molar-refractivity contribution in [3.05, 3.63) is 45.6 Å². The molecule has 8 heteroatoms. The summed E-state index contributed by atoms with van der Waals surface area (Å²) < 4.78 is 0. The minimum atomic E-state index is 0.270. The van der Waals surface area contributed by atoms with Crippen molar-refractivity contribution in [1.29, 1.82) is 5.26 Å². The molecule has 0 aliphatic heterocycles. The fraction of sp³-hybridized carbons (Fsp3) is 0.522. The SMILES string of the molecule is N#Cc1cnc(NCc2cc(Cl)ccc2Cl)nc1NCC12CC3C[C@H](C1)C(N)[C@@H](C3)C2. The van der Waals surface area contributed by atoms with E-state index in [0.29, 0.717) is 51.8 Å². The molecule has 1 aromatic carbocycles. The van der Waals surface area contributed by atoms with E-state index in [9.17, 15) is 5.26 Å². The van der Waals surface area contributed by atoms with Crippen LogP contribution in [0.3, 0.4) is 0 Å². The van der Waals surface area contributed by atoms with E-state index in [-0.39, 0.29) is 5.41 Å². The third-order valence-corrected chi connectivity index (χ3v) is 8.06. The third-order valence-electron chi connectivity index (χ3n) is 7.46. The highest BCUT2D eigenvalue weighted by Gasteiger charge is 2.54. The Balaban J connectivity index is 1.29. The van der Waals surface area contributed by atoms with Crippen molar-refractivity contribution in [3.63, 3.8) is 0 Å². The van der Waals surface area contributed by atoms with Gasteiger partial charge in [-0.1, -0.05) is 23.2 Å². The van der Waals surface area contributed by atoms with E-state index in [2.05, 4.69) is 26.7 Å². The molecule has 3 unspecified atom stereocenters. The second-order valence-corrected chi connectivity index (χ2v) is 10.4. The Labute approximate surface area is 192 Å². The zero-order valence-electron chi connectivity index (χ0n) is 17.2. The van der Waals surface area contributed by atoms with Crippen LogP contribution in [-0.2, 0) is 6.54 Å². The molecular weight excluding hydrogens is 431 g/mol. The first-order chi connectivity index (χ1) is 14.9. The third kappa shape index (κ3) is 4.07. The summed E-state index contributed by atoms with van der Waals surface area (Å²) in [4.78, 5) is 8.87. The molecule has 4 aliphatic rings. The van der Waals surface area contributed by atoms with Gasteiger partial charge in [-0.2, -0.15) is 10.2 Å². The molecule has 6 nitrogen and oxygen atoms in total. The van der Waals surface area contributed by atoms with Gasteiger partial charge in [0.2, 0.25) is 5.95 Å². The number of benzene rings is 1. The molecule has 4 saturated carbocycles. The largest absolute Gasteiger partial charge is 0.368 e. The van der Waals surface area contributed by atoms with Crippen LogP contribution in [0.25, 0.3) is 0 Å². The second-order valence-electron chi connectivity index (χ2n) is 9.56.